The number of nitrogens with zero attached hydrogens (tertiary/aromatic N) is 2. The zero-order chi connectivity index (χ0) is 8.27. The van der Waals surface area contributed by atoms with Crippen molar-refractivity contribution < 1.29 is 0 Å². The highest BCUT2D eigenvalue weighted by Gasteiger charge is 1.95. The number of aromatic nitrogens is 2. The maximum Gasteiger partial charge on any atom is 0.202 e. The predicted octanol–water partition coefficient (Wildman–Crippen LogP) is 1.41. The van der Waals surface area contributed by atoms with Gasteiger partial charge in [0.05, 0.1) is 0 Å². The van der Waals surface area contributed by atoms with Gasteiger partial charge < -0.3 is 9.88 Å². The second-order valence-electron chi connectivity index (χ2n) is 2.67. The molecule has 0 radical (unpaired) electrons. The van der Waals surface area contributed by atoms with Crippen LogP contribution in [0.4, 0.5) is 5.95 Å². The molecule has 0 saturated heterocycles. The van der Waals surface area contributed by atoms with Crippen molar-refractivity contribution in [2.45, 2.75) is 6.92 Å². The van der Waals surface area contributed by atoms with Crippen LogP contribution < -0.4 is 5.32 Å². The fraction of sp³-hybridized carbons (Fsp3) is 0.375. The molecule has 1 aromatic rings. The number of hydrogen-bond donors (Lipinski definition) is 1. The van der Waals surface area contributed by atoms with E-state index in [1.165, 1.54) is 0 Å². The molecule has 3 heteroatoms. The summed E-state index contributed by atoms with van der Waals surface area (Å²) >= 11 is 0. The quantitative estimate of drug-likeness (QED) is 0.662. The van der Waals surface area contributed by atoms with Gasteiger partial charge in [0.1, 0.15) is 0 Å². The summed E-state index contributed by atoms with van der Waals surface area (Å²) in [6.45, 7) is 6.55. The molecule has 3 nitrogen and oxygen atoms in total. The molecule has 1 aromatic heterocycles. The molecule has 0 aliphatic carbocycles. The maximum absolute atomic E-state index is 4.10. The van der Waals surface area contributed by atoms with E-state index in [0.717, 1.165) is 18.1 Å². The number of rotatable bonds is 3. The summed E-state index contributed by atoms with van der Waals surface area (Å²) in [5.74, 6) is 0.882. The number of anilines is 1. The fourth-order valence-corrected chi connectivity index (χ4v) is 0.766. The van der Waals surface area contributed by atoms with Gasteiger partial charge in [-0.15, -0.1) is 0 Å². The lowest BCUT2D eigenvalue weighted by molar-refractivity contribution is 0.909. The van der Waals surface area contributed by atoms with Crippen molar-refractivity contribution in [1.29, 1.82) is 0 Å². The van der Waals surface area contributed by atoms with Crippen molar-refractivity contribution in [1.82, 2.24) is 9.55 Å². The number of aryl methyl sites for hydroxylation is 1. The van der Waals surface area contributed by atoms with E-state index in [2.05, 4.69) is 16.9 Å². The highest BCUT2D eigenvalue weighted by molar-refractivity contribution is 5.27. The molecule has 0 aromatic carbocycles. The number of imidazole rings is 1. The maximum atomic E-state index is 4.10. The molecular weight excluding hydrogens is 138 g/mol. The average molecular weight is 151 g/mol. The van der Waals surface area contributed by atoms with Crippen LogP contribution in [0.3, 0.4) is 0 Å². The minimum absolute atomic E-state index is 0.783. The standard InChI is InChI=1S/C8H13N3/c1-7(2)6-10-8-9-4-5-11(8)3/h4-5H,1,6H2,2-3H3,(H,9,10). The summed E-state index contributed by atoms with van der Waals surface area (Å²) in [7, 11) is 1.95. The van der Waals surface area contributed by atoms with E-state index in [1.54, 1.807) is 6.20 Å². The molecule has 0 unspecified atom stereocenters. The second-order valence-corrected chi connectivity index (χ2v) is 2.67. The highest BCUT2D eigenvalue weighted by atomic mass is 15.2. The fourth-order valence-electron chi connectivity index (χ4n) is 0.766. The summed E-state index contributed by atoms with van der Waals surface area (Å²) in [6, 6.07) is 0. The molecule has 0 bridgehead atoms. The Morgan fingerprint density at radius 3 is 3.00 bits per heavy atom. The normalized spacial score (nSPS) is 9.64. The first-order valence-corrected chi connectivity index (χ1v) is 3.55. The lowest BCUT2D eigenvalue weighted by Gasteiger charge is -2.04. The Balaban J connectivity index is 2.51. The van der Waals surface area contributed by atoms with E-state index in [9.17, 15) is 0 Å². The van der Waals surface area contributed by atoms with Crippen LogP contribution >= 0.6 is 0 Å². The van der Waals surface area contributed by atoms with Gasteiger partial charge in [-0.1, -0.05) is 12.2 Å². The molecule has 0 aliphatic heterocycles. The third-order valence-corrected chi connectivity index (χ3v) is 1.37. The van der Waals surface area contributed by atoms with Gasteiger partial charge in [-0.25, -0.2) is 4.98 Å². The lowest BCUT2D eigenvalue weighted by Crippen LogP contribution is -2.06. The van der Waals surface area contributed by atoms with E-state index in [0.29, 0.717) is 0 Å². The van der Waals surface area contributed by atoms with Crippen LogP contribution in [0.2, 0.25) is 0 Å². The van der Waals surface area contributed by atoms with E-state index in [1.807, 2.05) is 24.7 Å². The molecule has 0 amide bonds. The Morgan fingerprint density at radius 2 is 2.55 bits per heavy atom. The molecule has 1 N–H and O–H groups in total. The number of hydrogen-bond acceptors (Lipinski definition) is 2. The zero-order valence-electron chi connectivity index (χ0n) is 6.96. The Hall–Kier alpha value is -1.25. The Kier molecular flexibility index (Phi) is 2.31. The van der Waals surface area contributed by atoms with E-state index < -0.39 is 0 Å². The van der Waals surface area contributed by atoms with Gasteiger partial charge in [-0.05, 0) is 6.92 Å². The lowest BCUT2D eigenvalue weighted by atomic mass is 10.3. The minimum atomic E-state index is 0.783. The predicted molar refractivity (Wildman–Crippen MR) is 46.5 cm³/mol. The number of nitrogens with one attached hydrogen (secondary N) is 1. The third-order valence-electron chi connectivity index (χ3n) is 1.37. The second kappa shape index (κ2) is 3.23. The van der Waals surface area contributed by atoms with Gasteiger partial charge in [0, 0.05) is 26.0 Å². The molecular formula is C8H13N3. The molecule has 0 atom stereocenters. The Bertz CT molecular complexity index is 250. The van der Waals surface area contributed by atoms with E-state index in [4.69, 9.17) is 0 Å². The van der Waals surface area contributed by atoms with E-state index >= 15 is 0 Å². The SMILES string of the molecule is C=C(C)CNc1nccn1C. The molecule has 1 rings (SSSR count). The first-order valence-electron chi connectivity index (χ1n) is 3.55. The first kappa shape index (κ1) is 7.85. The van der Waals surface area contributed by atoms with Crippen molar-refractivity contribution >= 4 is 5.95 Å². The van der Waals surface area contributed by atoms with Gasteiger partial charge in [0.2, 0.25) is 5.95 Å². The molecule has 60 valence electrons. The van der Waals surface area contributed by atoms with Gasteiger partial charge >= 0.3 is 0 Å². The van der Waals surface area contributed by atoms with Gasteiger partial charge in [0.15, 0.2) is 0 Å². The summed E-state index contributed by atoms with van der Waals surface area (Å²) < 4.78 is 1.93. The first-order chi connectivity index (χ1) is 5.20. The highest BCUT2D eigenvalue weighted by Crippen LogP contribution is 2.00. The zero-order valence-corrected chi connectivity index (χ0v) is 6.96. The molecule has 0 aliphatic rings. The van der Waals surface area contributed by atoms with Gasteiger partial charge in [0.25, 0.3) is 0 Å². The molecule has 0 saturated carbocycles. The summed E-state index contributed by atoms with van der Waals surface area (Å²) in [4.78, 5) is 4.10. The summed E-state index contributed by atoms with van der Waals surface area (Å²) in [5.41, 5.74) is 1.10. The van der Waals surface area contributed by atoms with Gasteiger partial charge in [-0.3, -0.25) is 0 Å². The van der Waals surface area contributed by atoms with Crippen LogP contribution in [-0.4, -0.2) is 16.1 Å². The third kappa shape index (κ3) is 2.11. The van der Waals surface area contributed by atoms with Crippen LogP contribution in [0.15, 0.2) is 24.5 Å². The van der Waals surface area contributed by atoms with Crippen LogP contribution in [0.1, 0.15) is 6.92 Å². The summed E-state index contributed by atoms with van der Waals surface area (Å²) in [5, 5.41) is 3.14. The average Bonchev–Trinajstić information content (AvgIpc) is 2.31. The molecule has 0 spiro atoms. The molecule has 0 fully saturated rings. The van der Waals surface area contributed by atoms with E-state index in [-0.39, 0.29) is 0 Å². The van der Waals surface area contributed by atoms with Crippen molar-refractivity contribution in [3.05, 3.63) is 24.5 Å². The monoisotopic (exact) mass is 151 g/mol. The van der Waals surface area contributed by atoms with Gasteiger partial charge in [-0.2, -0.15) is 0 Å². The largest absolute Gasteiger partial charge is 0.352 e. The van der Waals surface area contributed by atoms with Crippen LogP contribution in [0.5, 0.6) is 0 Å². The molecule has 1 heterocycles. The molecule has 11 heavy (non-hydrogen) atoms. The van der Waals surface area contributed by atoms with Crippen LogP contribution in [0.25, 0.3) is 0 Å². The Labute approximate surface area is 66.8 Å². The summed E-state index contributed by atoms with van der Waals surface area (Å²) in [6.07, 6.45) is 3.67. The topological polar surface area (TPSA) is 29.9 Å². The smallest absolute Gasteiger partial charge is 0.202 e. The van der Waals surface area contributed by atoms with Crippen molar-refractivity contribution in [3.63, 3.8) is 0 Å². The van der Waals surface area contributed by atoms with Crippen LogP contribution in [-0.2, 0) is 7.05 Å². The van der Waals surface area contributed by atoms with Crippen molar-refractivity contribution in [3.8, 4) is 0 Å². The van der Waals surface area contributed by atoms with Crippen molar-refractivity contribution in [2.75, 3.05) is 11.9 Å². The minimum Gasteiger partial charge on any atom is -0.352 e. The van der Waals surface area contributed by atoms with Crippen molar-refractivity contribution in [2.24, 2.45) is 7.05 Å². The van der Waals surface area contributed by atoms with Crippen LogP contribution in [0, 0.1) is 0 Å². The Morgan fingerprint density at radius 1 is 1.82 bits per heavy atom.